The van der Waals surface area contributed by atoms with Crippen molar-refractivity contribution in [3.05, 3.63) is 33.9 Å². The summed E-state index contributed by atoms with van der Waals surface area (Å²) in [7, 11) is 0. The van der Waals surface area contributed by atoms with Crippen molar-refractivity contribution in [1.82, 2.24) is 19.2 Å². The van der Waals surface area contributed by atoms with E-state index in [1.165, 1.54) is 17.9 Å². The van der Waals surface area contributed by atoms with E-state index in [9.17, 15) is 4.79 Å². The van der Waals surface area contributed by atoms with Crippen LogP contribution in [0.25, 0.3) is 0 Å². The summed E-state index contributed by atoms with van der Waals surface area (Å²) in [5.74, 6) is 0. The van der Waals surface area contributed by atoms with Crippen molar-refractivity contribution in [1.29, 1.82) is 0 Å². The molecule has 2 aliphatic rings. The Labute approximate surface area is 148 Å². The highest BCUT2D eigenvalue weighted by molar-refractivity contribution is 7.09. The Balaban J connectivity index is 1.36. The van der Waals surface area contributed by atoms with Crippen LogP contribution in [0.2, 0.25) is 5.02 Å². The maximum absolute atomic E-state index is 12.4. The van der Waals surface area contributed by atoms with Gasteiger partial charge in [-0.2, -0.15) is 4.37 Å². The monoisotopic (exact) mass is 365 g/mol. The van der Waals surface area contributed by atoms with E-state index in [1.54, 1.807) is 4.90 Å². The van der Waals surface area contributed by atoms with E-state index in [-0.39, 0.29) is 12.2 Å². The van der Waals surface area contributed by atoms with Crippen molar-refractivity contribution >= 4 is 34.4 Å². The fourth-order valence-electron chi connectivity index (χ4n) is 3.03. The molecule has 7 nitrogen and oxygen atoms in total. The van der Waals surface area contributed by atoms with Crippen molar-refractivity contribution in [3.8, 4) is 0 Å². The summed E-state index contributed by atoms with van der Waals surface area (Å²) < 4.78 is 9.55. The molecule has 1 saturated heterocycles. The SMILES string of the molecule is Cc1nc2c(c(C)c1Cl)CN(C(=O)OC1CN(c3ncns3)C1)C2. The van der Waals surface area contributed by atoms with Crippen LogP contribution in [0.3, 0.4) is 0 Å². The molecule has 2 aromatic heterocycles. The molecule has 0 radical (unpaired) electrons. The first-order valence-corrected chi connectivity index (χ1v) is 8.79. The lowest BCUT2D eigenvalue weighted by atomic mass is 10.1. The molecule has 1 fully saturated rings. The number of fused-ring (bicyclic) bond motifs is 1. The lowest BCUT2D eigenvalue weighted by molar-refractivity contribution is 0.0490. The molecule has 126 valence electrons. The minimum atomic E-state index is -0.303. The Morgan fingerprint density at radius 2 is 2.17 bits per heavy atom. The molecule has 4 heterocycles. The second kappa shape index (κ2) is 5.86. The zero-order valence-corrected chi connectivity index (χ0v) is 14.9. The summed E-state index contributed by atoms with van der Waals surface area (Å²) in [4.78, 5) is 24.8. The Morgan fingerprint density at radius 1 is 1.38 bits per heavy atom. The molecule has 0 aromatic carbocycles. The number of nitrogens with zero attached hydrogens (tertiary/aromatic N) is 5. The van der Waals surface area contributed by atoms with Crippen LogP contribution in [0.5, 0.6) is 0 Å². The third kappa shape index (κ3) is 2.59. The van der Waals surface area contributed by atoms with E-state index in [0.717, 1.165) is 27.6 Å². The number of amides is 1. The number of carbonyl (C=O) groups excluding carboxylic acids is 1. The smallest absolute Gasteiger partial charge is 0.410 e. The molecule has 0 atom stereocenters. The van der Waals surface area contributed by atoms with Gasteiger partial charge in [0.15, 0.2) is 0 Å². The average molecular weight is 366 g/mol. The fourth-order valence-corrected chi connectivity index (χ4v) is 3.73. The lowest BCUT2D eigenvalue weighted by Gasteiger charge is -2.38. The van der Waals surface area contributed by atoms with Crippen LogP contribution in [-0.2, 0) is 17.8 Å². The third-order valence-electron chi connectivity index (χ3n) is 4.43. The highest BCUT2D eigenvalue weighted by Crippen LogP contribution is 2.31. The zero-order chi connectivity index (χ0) is 16.8. The van der Waals surface area contributed by atoms with E-state index >= 15 is 0 Å². The van der Waals surface area contributed by atoms with E-state index in [0.29, 0.717) is 31.2 Å². The van der Waals surface area contributed by atoms with Gasteiger partial charge in [0.1, 0.15) is 12.4 Å². The summed E-state index contributed by atoms with van der Waals surface area (Å²) in [6, 6.07) is 0. The van der Waals surface area contributed by atoms with Gasteiger partial charge in [0.25, 0.3) is 0 Å². The Kier molecular flexibility index (Phi) is 3.80. The number of aromatic nitrogens is 3. The number of halogens is 1. The number of hydrogen-bond acceptors (Lipinski definition) is 7. The molecule has 4 rings (SSSR count). The normalized spacial score (nSPS) is 17.0. The molecule has 0 saturated carbocycles. The molecule has 9 heteroatoms. The second-order valence-corrected chi connectivity index (χ2v) is 7.19. The molecule has 0 aliphatic carbocycles. The first-order valence-electron chi connectivity index (χ1n) is 7.64. The van der Waals surface area contributed by atoms with E-state index in [1.807, 2.05) is 18.7 Å². The van der Waals surface area contributed by atoms with Crippen LogP contribution >= 0.6 is 23.1 Å². The Morgan fingerprint density at radius 3 is 2.88 bits per heavy atom. The maximum atomic E-state index is 12.4. The number of pyridine rings is 1. The van der Waals surface area contributed by atoms with Gasteiger partial charge in [0.05, 0.1) is 42.6 Å². The molecule has 0 unspecified atom stereocenters. The molecular weight excluding hydrogens is 350 g/mol. The van der Waals surface area contributed by atoms with Crippen LogP contribution in [0.4, 0.5) is 9.93 Å². The summed E-state index contributed by atoms with van der Waals surface area (Å²) in [5.41, 5.74) is 3.75. The Bertz CT molecular complexity index is 792. The summed E-state index contributed by atoms with van der Waals surface area (Å²) in [6.07, 6.45) is 1.12. The number of hydrogen-bond donors (Lipinski definition) is 0. The number of anilines is 1. The zero-order valence-electron chi connectivity index (χ0n) is 13.3. The number of rotatable bonds is 2. The first kappa shape index (κ1) is 15.6. The highest BCUT2D eigenvalue weighted by atomic mass is 35.5. The molecule has 0 spiro atoms. The summed E-state index contributed by atoms with van der Waals surface area (Å²) in [6.45, 7) is 6.14. The molecule has 1 amide bonds. The standard InChI is InChI=1S/C15H16ClN5O2S/c1-8-11-5-21(6-12(11)19-9(2)13(8)16)15(22)23-10-3-20(4-10)14-17-7-18-24-14/h7,10H,3-6H2,1-2H3. The van der Waals surface area contributed by atoms with Gasteiger partial charge in [-0.1, -0.05) is 11.6 Å². The minimum absolute atomic E-state index is 0.107. The number of aryl methyl sites for hydroxylation is 1. The van der Waals surface area contributed by atoms with Gasteiger partial charge in [0.2, 0.25) is 5.13 Å². The van der Waals surface area contributed by atoms with E-state index in [2.05, 4.69) is 14.3 Å². The van der Waals surface area contributed by atoms with Gasteiger partial charge in [-0.25, -0.2) is 9.78 Å². The topological polar surface area (TPSA) is 71.5 Å². The first-order chi connectivity index (χ1) is 11.5. The Hall–Kier alpha value is -1.93. The summed E-state index contributed by atoms with van der Waals surface area (Å²) in [5, 5.41) is 1.54. The molecule has 24 heavy (non-hydrogen) atoms. The largest absolute Gasteiger partial charge is 0.442 e. The van der Waals surface area contributed by atoms with E-state index in [4.69, 9.17) is 16.3 Å². The van der Waals surface area contributed by atoms with Crippen molar-refractivity contribution in [2.45, 2.75) is 33.0 Å². The van der Waals surface area contributed by atoms with Crippen molar-refractivity contribution < 1.29 is 9.53 Å². The van der Waals surface area contributed by atoms with Gasteiger partial charge in [0, 0.05) is 11.5 Å². The van der Waals surface area contributed by atoms with Crippen LogP contribution in [-0.4, -0.2) is 44.5 Å². The van der Waals surface area contributed by atoms with Gasteiger partial charge >= 0.3 is 6.09 Å². The molecule has 2 aliphatic heterocycles. The number of ether oxygens (including phenoxy) is 1. The highest BCUT2D eigenvalue weighted by Gasteiger charge is 2.35. The van der Waals surface area contributed by atoms with Crippen LogP contribution in [0.1, 0.15) is 22.5 Å². The van der Waals surface area contributed by atoms with Gasteiger partial charge < -0.3 is 9.64 Å². The maximum Gasteiger partial charge on any atom is 0.410 e. The average Bonchev–Trinajstić information content (AvgIpc) is 3.17. The predicted molar refractivity (Wildman–Crippen MR) is 90.4 cm³/mol. The van der Waals surface area contributed by atoms with Gasteiger partial charge in [-0.3, -0.25) is 9.88 Å². The molecule has 0 N–H and O–H groups in total. The quantitative estimate of drug-likeness (QED) is 0.814. The lowest BCUT2D eigenvalue weighted by Crippen LogP contribution is -2.54. The van der Waals surface area contributed by atoms with E-state index < -0.39 is 0 Å². The molecule has 0 bridgehead atoms. The fraction of sp³-hybridized carbons (Fsp3) is 0.467. The third-order valence-corrected chi connectivity index (χ3v) is 5.72. The van der Waals surface area contributed by atoms with Crippen molar-refractivity contribution in [2.24, 2.45) is 0 Å². The molecular formula is C15H16ClN5O2S. The summed E-state index contributed by atoms with van der Waals surface area (Å²) >= 11 is 7.60. The van der Waals surface area contributed by atoms with Crippen molar-refractivity contribution in [3.63, 3.8) is 0 Å². The predicted octanol–water partition coefficient (Wildman–Crippen LogP) is 2.54. The van der Waals surface area contributed by atoms with Crippen LogP contribution in [0, 0.1) is 13.8 Å². The van der Waals surface area contributed by atoms with Gasteiger partial charge in [-0.15, -0.1) is 0 Å². The second-order valence-electron chi connectivity index (χ2n) is 6.05. The minimum Gasteiger partial charge on any atom is -0.442 e. The van der Waals surface area contributed by atoms with Gasteiger partial charge in [-0.05, 0) is 25.0 Å². The van der Waals surface area contributed by atoms with Crippen molar-refractivity contribution in [2.75, 3.05) is 18.0 Å². The van der Waals surface area contributed by atoms with Crippen LogP contribution < -0.4 is 4.90 Å². The van der Waals surface area contributed by atoms with Crippen LogP contribution in [0.15, 0.2) is 6.33 Å². The number of carbonyl (C=O) groups is 1. The molecule has 2 aromatic rings.